The maximum Gasteiger partial charge on any atom is 0.292 e. The molecule has 1 aromatic carbocycles. The number of nitro benzene ring substituents is 1. The average molecular weight is 280 g/mol. The number of hydrogen-bond donors (Lipinski definition) is 1. The standard InChI is InChI=1S/C15H24N2O3/c1-10(2)8-11(3)16(5)14-7-6-13(12(4)18)9-15(14)17(19)20/h6-7,9-12,18H,8H2,1-5H3/t11?,12-/m0/s1. The molecule has 5 heteroatoms. The molecule has 0 aliphatic heterocycles. The maximum atomic E-state index is 11.2. The molecule has 2 atom stereocenters. The minimum atomic E-state index is -0.707. The van der Waals surface area contributed by atoms with E-state index in [0.29, 0.717) is 17.2 Å². The van der Waals surface area contributed by atoms with Gasteiger partial charge >= 0.3 is 0 Å². The molecule has 0 saturated carbocycles. The van der Waals surface area contributed by atoms with E-state index in [1.54, 1.807) is 19.1 Å². The second-order valence-electron chi connectivity index (χ2n) is 5.77. The zero-order valence-electron chi connectivity index (χ0n) is 12.8. The molecule has 0 fully saturated rings. The summed E-state index contributed by atoms with van der Waals surface area (Å²) in [6, 6.07) is 5.13. The van der Waals surface area contributed by atoms with Crippen molar-refractivity contribution < 1.29 is 10.0 Å². The lowest BCUT2D eigenvalue weighted by atomic mass is 10.0. The van der Waals surface area contributed by atoms with Crippen LogP contribution in [0.2, 0.25) is 0 Å². The summed E-state index contributed by atoms with van der Waals surface area (Å²) in [5.74, 6) is 0.531. The van der Waals surface area contributed by atoms with Gasteiger partial charge in [0.1, 0.15) is 5.69 Å². The van der Waals surface area contributed by atoms with E-state index >= 15 is 0 Å². The van der Waals surface area contributed by atoms with Crippen molar-refractivity contribution in [2.24, 2.45) is 5.92 Å². The van der Waals surface area contributed by atoms with Crippen molar-refractivity contribution in [2.75, 3.05) is 11.9 Å². The lowest BCUT2D eigenvalue weighted by Gasteiger charge is -2.28. The molecule has 0 bridgehead atoms. The van der Waals surface area contributed by atoms with Crippen LogP contribution in [0.3, 0.4) is 0 Å². The van der Waals surface area contributed by atoms with E-state index in [9.17, 15) is 15.2 Å². The van der Waals surface area contributed by atoms with Gasteiger partial charge in [-0.3, -0.25) is 10.1 Å². The Morgan fingerprint density at radius 1 is 1.30 bits per heavy atom. The maximum absolute atomic E-state index is 11.2. The number of rotatable bonds is 6. The Morgan fingerprint density at radius 3 is 2.35 bits per heavy atom. The normalized spacial score (nSPS) is 14.2. The third-order valence-electron chi connectivity index (χ3n) is 3.53. The van der Waals surface area contributed by atoms with Crippen LogP contribution >= 0.6 is 0 Å². The second-order valence-corrected chi connectivity index (χ2v) is 5.77. The first-order chi connectivity index (χ1) is 9.23. The first-order valence-electron chi connectivity index (χ1n) is 6.93. The highest BCUT2D eigenvalue weighted by Gasteiger charge is 2.22. The van der Waals surface area contributed by atoms with Crippen LogP contribution in [0.5, 0.6) is 0 Å². The largest absolute Gasteiger partial charge is 0.389 e. The molecule has 0 amide bonds. The Bertz CT molecular complexity index is 472. The van der Waals surface area contributed by atoms with E-state index in [1.807, 2.05) is 11.9 Å². The van der Waals surface area contributed by atoms with Gasteiger partial charge in [0, 0.05) is 19.2 Å². The summed E-state index contributed by atoms with van der Waals surface area (Å²) >= 11 is 0. The van der Waals surface area contributed by atoms with Crippen LogP contribution in [0.25, 0.3) is 0 Å². The molecule has 1 unspecified atom stereocenters. The SMILES string of the molecule is CC(C)CC(C)N(C)c1ccc([C@H](C)O)cc1[N+](=O)[O-]. The van der Waals surface area contributed by atoms with Crippen LogP contribution in [0, 0.1) is 16.0 Å². The van der Waals surface area contributed by atoms with Crippen LogP contribution in [0.1, 0.15) is 45.8 Å². The molecule has 0 spiro atoms. The van der Waals surface area contributed by atoms with Gasteiger partial charge in [-0.2, -0.15) is 0 Å². The summed E-state index contributed by atoms with van der Waals surface area (Å²) in [5.41, 5.74) is 1.19. The molecular weight excluding hydrogens is 256 g/mol. The highest BCUT2D eigenvalue weighted by molar-refractivity contribution is 5.64. The fraction of sp³-hybridized carbons (Fsp3) is 0.600. The number of hydrogen-bond acceptors (Lipinski definition) is 4. The Hall–Kier alpha value is -1.62. The number of anilines is 1. The predicted molar refractivity (Wildman–Crippen MR) is 81.1 cm³/mol. The van der Waals surface area contributed by atoms with Crippen LogP contribution in [0.15, 0.2) is 18.2 Å². The first-order valence-corrected chi connectivity index (χ1v) is 6.93. The topological polar surface area (TPSA) is 66.6 Å². The van der Waals surface area contributed by atoms with Gasteiger partial charge in [0.25, 0.3) is 5.69 Å². The molecule has 1 aromatic rings. The van der Waals surface area contributed by atoms with Crippen LogP contribution in [-0.4, -0.2) is 23.1 Å². The van der Waals surface area contributed by atoms with E-state index in [-0.39, 0.29) is 16.7 Å². The van der Waals surface area contributed by atoms with Crippen molar-refractivity contribution in [3.05, 3.63) is 33.9 Å². The minimum Gasteiger partial charge on any atom is -0.389 e. The smallest absolute Gasteiger partial charge is 0.292 e. The number of aliphatic hydroxyl groups is 1. The van der Waals surface area contributed by atoms with E-state index in [0.717, 1.165) is 6.42 Å². The summed E-state index contributed by atoms with van der Waals surface area (Å²) < 4.78 is 0. The van der Waals surface area contributed by atoms with Gasteiger partial charge in [-0.1, -0.05) is 19.9 Å². The van der Waals surface area contributed by atoms with Gasteiger partial charge in [0.05, 0.1) is 11.0 Å². The monoisotopic (exact) mass is 280 g/mol. The van der Waals surface area contributed by atoms with Crippen LogP contribution in [0.4, 0.5) is 11.4 Å². The number of nitro groups is 1. The van der Waals surface area contributed by atoms with Crippen LogP contribution < -0.4 is 4.90 Å². The number of nitrogens with zero attached hydrogens (tertiary/aromatic N) is 2. The quantitative estimate of drug-likeness (QED) is 0.639. The Labute approximate surface area is 120 Å². The third-order valence-corrected chi connectivity index (χ3v) is 3.53. The van der Waals surface area contributed by atoms with Gasteiger partial charge in [-0.25, -0.2) is 0 Å². The summed E-state index contributed by atoms with van der Waals surface area (Å²) in [7, 11) is 1.87. The molecule has 0 saturated heterocycles. The summed E-state index contributed by atoms with van der Waals surface area (Å²) in [6.07, 6.45) is 0.257. The highest BCUT2D eigenvalue weighted by atomic mass is 16.6. The average Bonchev–Trinajstić information content (AvgIpc) is 2.36. The Morgan fingerprint density at radius 2 is 1.90 bits per heavy atom. The van der Waals surface area contributed by atoms with Crippen molar-refractivity contribution in [1.82, 2.24) is 0 Å². The molecule has 0 radical (unpaired) electrons. The molecule has 0 aromatic heterocycles. The van der Waals surface area contributed by atoms with E-state index in [1.165, 1.54) is 6.07 Å². The lowest BCUT2D eigenvalue weighted by molar-refractivity contribution is -0.384. The Kier molecular flexibility index (Phi) is 5.51. The van der Waals surface area contributed by atoms with Crippen molar-refractivity contribution >= 4 is 11.4 Å². The van der Waals surface area contributed by atoms with Crippen molar-refractivity contribution in [2.45, 2.75) is 46.3 Å². The fourth-order valence-corrected chi connectivity index (χ4v) is 2.32. The molecule has 0 heterocycles. The van der Waals surface area contributed by atoms with Gasteiger partial charge in [0.2, 0.25) is 0 Å². The predicted octanol–water partition coefficient (Wildman–Crippen LogP) is 3.52. The number of aliphatic hydroxyl groups excluding tert-OH is 1. The summed E-state index contributed by atoms with van der Waals surface area (Å²) in [6.45, 7) is 7.93. The van der Waals surface area contributed by atoms with Gasteiger partial charge in [-0.05, 0) is 37.8 Å². The summed E-state index contributed by atoms with van der Waals surface area (Å²) in [5, 5.41) is 20.8. The highest BCUT2D eigenvalue weighted by Crippen LogP contribution is 2.32. The van der Waals surface area contributed by atoms with Gasteiger partial charge in [-0.15, -0.1) is 0 Å². The van der Waals surface area contributed by atoms with Crippen molar-refractivity contribution in [3.63, 3.8) is 0 Å². The molecule has 0 aliphatic carbocycles. The zero-order valence-corrected chi connectivity index (χ0v) is 12.8. The third kappa shape index (κ3) is 3.93. The van der Waals surface area contributed by atoms with Crippen molar-refractivity contribution in [3.8, 4) is 0 Å². The van der Waals surface area contributed by atoms with E-state index in [2.05, 4.69) is 20.8 Å². The van der Waals surface area contributed by atoms with Gasteiger partial charge < -0.3 is 10.0 Å². The Balaban J connectivity index is 3.13. The van der Waals surface area contributed by atoms with Crippen LogP contribution in [-0.2, 0) is 0 Å². The second kappa shape index (κ2) is 6.70. The molecule has 112 valence electrons. The molecule has 1 N–H and O–H groups in total. The zero-order chi connectivity index (χ0) is 15.4. The van der Waals surface area contributed by atoms with E-state index in [4.69, 9.17) is 0 Å². The van der Waals surface area contributed by atoms with Crippen molar-refractivity contribution in [1.29, 1.82) is 0 Å². The molecule has 20 heavy (non-hydrogen) atoms. The fourth-order valence-electron chi connectivity index (χ4n) is 2.32. The lowest BCUT2D eigenvalue weighted by Crippen LogP contribution is -2.30. The van der Waals surface area contributed by atoms with Gasteiger partial charge in [0.15, 0.2) is 0 Å². The summed E-state index contributed by atoms with van der Waals surface area (Å²) in [4.78, 5) is 12.8. The molecule has 0 aliphatic rings. The molecular formula is C15H24N2O3. The number of benzene rings is 1. The molecule has 1 rings (SSSR count). The first kappa shape index (κ1) is 16.4. The van der Waals surface area contributed by atoms with E-state index < -0.39 is 6.10 Å². The molecule has 5 nitrogen and oxygen atoms in total. The minimum absolute atomic E-state index is 0.0431.